The van der Waals surface area contributed by atoms with Crippen molar-refractivity contribution < 1.29 is 14.3 Å². The van der Waals surface area contributed by atoms with Gasteiger partial charge in [-0.3, -0.25) is 4.79 Å². The first-order chi connectivity index (χ1) is 7.60. The molecule has 0 N–H and O–H groups in total. The predicted molar refractivity (Wildman–Crippen MR) is 63.3 cm³/mol. The van der Waals surface area contributed by atoms with Crippen LogP contribution < -0.4 is 4.74 Å². The molecule has 0 amide bonds. The zero-order valence-corrected chi connectivity index (χ0v) is 10.2. The van der Waals surface area contributed by atoms with Crippen LogP contribution in [-0.2, 0) is 4.74 Å². The molecule has 0 radical (unpaired) electrons. The molecule has 0 aromatic heterocycles. The summed E-state index contributed by atoms with van der Waals surface area (Å²) in [6, 6.07) is 5.51. The number of methoxy groups -OCH3 is 2. The Kier molecular flexibility index (Phi) is 4.50. The summed E-state index contributed by atoms with van der Waals surface area (Å²) in [6.07, 6.45) is 0. The number of benzene rings is 1. The van der Waals surface area contributed by atoms with Crippen LogP contribution in [0.4, 0.5) is 0 Å². The number of ether oxygens (including phenoxy) is 2. The minimum absolute atomic E-state index is 0.00820. The molecule has 0 unspecified atom stereocenters. The third-order valence-corrected chi connectivity index (χ3v) is 2.46. The number of carbonyl (C=O) groups excluding carboxylic acids is 1. The minimum Gasteiger partial charge on any atom is -0.497 e. The van der Waals surface area contributed by atoms with Gasteiger partial charge in [-0.05, 0) is 29.7 Å². The van der Waals surface area contributed by atoms with Crippen molar-refractivity contribution in [3.05, 3.63) is 29.3 Å². The van der Waals surface area contributed by atoms with Gasteiger partial charge in [0.1, 0.15) is 12.4 Å². The quantitative estimate of drug-likeness (QED) is 0.718. The number of hydrogen-bond acceptors (Lipinski definition) is 3. The lowest BCUT2D eigenvalue weighted by Gasteiger charge is -2.13. The zero-order valence-electron chi connectivity index (χ0n) is 10.2. The van der Waals surface area contributed by atoms with Gasteiger partial charge in [0.15, 0.2) is 5.78 Å². The van der Waals surface area contributed by atoms with Crippen molar-refractivity contribution in [3.8, 4) is 5.75 Å². The Morgan fingerprint density at radius 1 is 1.31 bits per heavy atom. The van der Waals surface area contributed by atoms with Gasteiger partial charge in [-0.25, -0.2) is 0 Å². The molecule has 0 aliphatic carbocycles. The molecule has 0 fully saturated rings. The summed E-state index contributed by atoms with van der Waals surface area (Å²) in [5, 5.41) is 0. The van der Waals surface area contributed by atoms with Crippen LogP contribution in [0.15, 0.2) is 18.2 Å². The van der Waals surface area contributed by atoms with E-state index in [0.29, 0.717) is 0 Å². The van der Waals surface area contributed by atoms with E-state index in [9.17, 15) is 4.79 Å². The lowest BCUT2D eigenvalue weighted by molar-refractivity contribution is 0.0846. The molecular formula is C13H18O3. The van der Waals surface area contributed by atoms with Gasteiger partial charge in [0, 0.05) is 12.7 Å². The van der Waals surface area contributed by atoms with Crippen LogP contribution in [0.3, 0.4) is 0 Å². The molecule has 1 aromatic rings. The molecule has 0 aliphatic heterocycles. The molecule has 0 saturated carbocycles. The van der Waals surface area contributed by atoms with Crippen LogP contribution >= 0.6 is 0 Å². The summed E-state index contributed by atoms with van der Waals surface area (Å²) in [4.78, 5) is 11.8. The SMILES string of the molecule is COCC(=O)c1ccc(OC)cc1C(C)C. The molecule has 16 heavy (non-hydrogen) atoms. The molecule has 0 aliphatic rings. The molecule has 0 spiro atoms. The van der Waals surface area contributed by atoms with E-state index in [-0.39, 0.29) is 18.3 Å². The zero-order chi connectivity index (χ0) is 12.1. The fourth-order valence-corrected chi connectivity index (χ4v) is 1.61. The van der Waals surface area contributed by atoms with Crippen molar-refractivity contribution in [2.45, 2.75) is 19.8 Å². The molecule has 3 heteroatoms. The lowest BCUT2D eigenvalue weighted by atomic mass is 9.94. The van der Waals surface area contributed by atoms with Gasteiger partial charge in [-0.2, -0.15) is 0 Å². The summed E-state index contributed by atoms with van der Waals surface area (Å²) in [5.74, 6) is 1.07. The summed E-state index contributed by atoms with van der Waals surface area (Å²) < 4.78 is 10.0. The maximum Gasteiger partial charge on any atom is 0.188 e. The molecule has 1 rings (SSSR count). The number of rotatable bonds is 5. The van der Waals surface area contributed by atoms with Gasteiger partial charge in [0.2, 0.25) is 0 Å². The number of hydrogen-bond donors (Lipinski definition) is 0. The molecule has 3 nitrogen and oxygen atoms in total. The number of Topliss-reactive ketones (excluding diaryl/α,β-unsaturated/α-hetero) is 1. The largest absolute Gasteiger partial charge is 0.497 e. The van der Waals surface area contributed by atoms with E-state index < -0.39 is 0 Å². The third-order valence-electron chi connectivity index (χ3n) is 2.46. The van der Waals surface area contributed by atoms with Gasteiger partial charge in [0.25, 0.3) is 0 Å². The highest BCUT2D eigenvalue weighted by atomic mass is 16.5. The lowest BCUT2D eigenvalue weighted by Crippen LogP contribution is -2.11. The molecule has 0 heterocycles. The van der Waals surface area contributed by atoms with Crippen LogP contribution in [0.2, 0.25) is 0 Å². The molecule has 0 saturated heterocycles. The van der Waals surface area contributed by atoms with E-state index >= 15 is 0 Å². The van der Waals surface area contributed by atoms with E-state index in [1.54, 1.807) is 19.2 Å². The Bertz CT molecular complexity index is 369. The molecule has 0 atom stereocenters. The molecular weight excluding hydrogens is 204 g/mol. The fourth-order valence-electron chi connectivity index (χ4n) is 1.61. The van der Waals surface area contributed by atoms with Gasteiger partial charge < -0.3 is 9.47 Å². The van der Waals surface area contributed by atoms with Crippen molar-refractivity contribution in [3.63, 3.8) is 0 Å². The van der Waals surface area contributed by atoms with Crippen LogP contribution in [0.1, 0.15) is 35.7 Å². The summed E-state index contributed by atoms with van der Waals surface area (Å²) >= 11 is 0. The smallest absolute Gasteiger partial charge is 0.188 e. The van der Waals surface area contributed by atoms with E-state index in [0.717, 1.165) is 16.9 Å². The summed E-state index contributed by atoms with van der Waals surface area (Å²) in [5.41, 5.74) is 1.72. The fraction of sp³-hybridized carbons (Fsp3) is 0.462. The van der Waals surface area contributed by atoms with E-state index in [4.69, 9.17) is 9.47 Å². The molecule has 0 bridgehead atoms. The van der Waals surface area contributed by atoms with Crippen LogP contribution in [0.5, 0.6) is 5.75 Å². The molecule has 88 valence electrons. The van der Waals surface area contributed by atoms with Gasteiger partial charge in [0.05, 0.1) is 7.11 Å². The van der Waals surface area contributed by atoms with Crippen LogP contribution in [0.25, 0.3) is 0 Å². The highest BCUT2D eigenvalue weighted by molar-refractivity contribution is 5.98. The maximum absolute atomic E-state index is 11.8. The predicted octanol–water partition coefficient (Wildman–Crippen LogP) is 2.65. The average molecular weight is 222 g/mol. The van der Waals surface area contributed by atoms with Crippen molar-refractivity contribution in [1.29, 1.82) is 0 Å². The van der Waals surface area contributed by atoms with Crippen LogP contribution in [0, 0.1) is 0 Å². The Morgan fingerprint density at radius 2 is 2.00 bits per heavy atom. The maximum atomic E-state index is 11.8. The van der Waals surface area contributed by atoms with Gasteiger partial charge >= 0.3 is 0 Å². The number of carbonyl (C=O) groups is 1. The average Bonchev–Trinajstić information content (AvgIpc) is 2.28. The van der Waals surface area contributed by atoms with E-state index in [1.807, 2.05) is 6.07 Å². The van der Waals surface area contributed by atoms with Gasteiger partial charge in [-0.15, -0.1) is 0 Å². The first kappa shape index (κ1) is 12.7. The van der Waals surface area contributed by atoms with Gasteiger partial charge in [-0.1, -0.05) is 13.8 Å². The van der Waals surface area contributed by atoms with Crippen molar-refractivity contribution >= 4 is 5.78 Å². The Morgan fingerprint density at radius 3 is 2.50 bits per heavy atom. The second-order valence-electron chi connectivity index (χ2n) is 3.96. The number of ketones is 1. The van der Waals surface area contributed by atoms with Crippen molar-refractivity contribution in [2.24, 2.45) is 0 Å². The first-order valence-corrected chi connectivity index (χ1v) is 5.30. The summed E-state index contributed by atoms with van der Waals surface area (Å²) in [7, 11) is 3.15. The minimum atomic E-state index is 0.00820. The normalized spacial score (nSPS) is 10.6. The first-order valence-electron chi connectivity index (χ1n) is 5.30. The molecule has 1 aromatic carbocycles. The standard InChI is InChI=1S/C13H18O3/c1-9(2)12-7-10(16-4)5-6-11(12)13(14)8-15-3/h5-7,9H,8H2,1-4H3. The highest BCUT2D eigenvalue weighted by Crippen LogP contribution is 2.25. The Balaban J connectivity index is 3.12. The third kappa shape index (κ3) is 2.83. The van der Waals surface area contributed by atoms with E-state index in [2.05, 4.69) is 13.8 Å². The second-order valence-corrected chi connectivity index (χ2v) is 3.96. The van der Waals surface area contributed by atoms with Crippen molar-refractivity contribution in [1.82, 2.24) is 0 Å². The second kappa shape index (κ2) is 5.66. The van der Waals surface area contributed by atoms with Crippen molar-refractivity contribution in [2.75, 3.05) is 20.8 Å². The van der Waals surface area contributed by atoms with Crippen LogP contribution in [-0.4, -0.2) is 26.6 Å². The Hall–Kier alpha value is -1.35. The monoisotopic (exact) mass is 222 g/mol. The topological polar surface area (TPSA) is 35.5 Å². The summed E-state index contributed by atoms with van der Waals surface area (Å²) in [6.45, 7) is 4.22. The van der Waals surface area contributed by atoms with E-state index in [1.165, 1.54) is 7.11 Å². The Labute approximate surface area is 96.4 Å². The highest BCUT2D eigenvalue weighted by Gasteiger charge is 2.14.